The minimum Gasteiger partial charge on any atom is -0.548 e. The first-order chi connectivity index (χ1) is 8.18. The average Bonchev–Trinajstić information content (AvgIpc) is 2.12. The summed E-state index contributed by atoms with van der Waals surface area (Å²) in [6.45, 7) is 0.0641. The van der Waals surface area contributed by atoms with E-state index in [9.17, 15) is 45.0 Å². The van der Waals surface area contributed by atoms with E-state index >= 15 is 0 Å². The minimum atomic E-state index is -6.03. The summed E-state index contributed by atoms with van der Waals surface area (Å²) in [7, 11) is 0. The number of hydrogen-bond donors (Lipinski definition) is 0. The van der Waals surface area contributed by atoms with Gasteiger partial charge in [0.2, 0.25) is 0 Å². The molecular weight excluding hydrogens is 337 g/mol. The van der Waals surface area contributed by atoms with Crippen molar-refractivity contribution in [1.29, 1.82) is 0 Å². The van der Waals surface area contributed by atoms with E-state index in [0.717, 1.165) is 0 Å². The van der Waals surface area contributed by atoms with E-state index in [1.165, 1.54) is 0 Å². The Kier molecular flexibility index (Phi) is 5.72. The first-order valence-electron chi connectivity index (χ1n) is 4.40. The molecule has 0 aromatic rings. The van der Waals surface area contributed by atoms with Crippen LogP contribution in [0, 0.1) is 0 Å². The molecule has 1 rings (SSSR count). The van der Waals surface area contributed by atoms with Crippen molar-refractivity contribution >= 4 is 5.97 Å². The van der Waals surface area contributed by atoms with Gasteiger partial charge in [-0.1, -0.05) is 0 Å². The van der Waals surface area contributed by atoms with Gasteiger partial charge in [-0.3, -0.25) is 0 Å². The summed E-state index contributed by atoms with van der Waals surface area (Å²) in [5, 5.41) is 10.2. The molecule has 1 fully saturated rings. The van der Waals surface area contributed by atoms with Crippen LogP contribution in [0.25, 0.3) is 0 Å². The van der Waals surface area contributed by atoms with Crippen LogP contribution in [0.3, 0.4) is 0 Å². The standard InChI is InChI=1S/C7H5F8NO3.K/c1-2(3(17)18)16-4(8,9)6(12,13)19-7(14,15)5(16,10)11;/h2H,1H3,(H,17,18);/q;+1/p-1. The predicted molar refractivity (Wildman–Crippen MR) is 37.2 cm³/mol. The smallest absolute Gasteiger partial charge is 0.548 e. The van der Waals surface area contributed by atoms with Gasteiger partial charge in [0.15, 0.2) is 0 Å². The second-order valence-corrected chi connectivity index (χ2v) is 3.58. The summed E-state index contributed by atoms with van der Waals surface area (Å²) in [6.07, 6.45) is -12.1. The molecule has 1 aliphatic heterocycles. The third-order valence-electron chi connectivity index (χ3n) is 2.29. The average molecular weight is 341 g/mol. The zero-order chi connectivity index (χ0) is 15.4. The zero-order valence-corrected chi connectivity index (χ0v) is 12.9. The van der Waals surface area contributed by atoms with E-state index in [2.05, 4.69) is 4.74 Å². The second kappa shape index (κ2) is 5.59. The number of aliphatic carboxylic acids is 1. The predicted octanol–water partition coefficient (Wildman–Crippen LogP) is -2.17. The number of rotatable bonds is 2. The van der Waals surface area contributed by atoms with Crippen LogP contribution in [0.4, 0.5) is 35.1 Å². The van der Waals surface area contributed by atoms with Crippen LogP contribution < -0.4 is 56.5 Å². The van der Waals surface area contributed by atoms with Gasteiger partial charge in [-0.05, 0) is 6.92 Å². The van der Waals surface area contributed by atoms with Crippen molar-refractivity contribution in [2.45, 2.75) is 37.3 Å². The van der Waals surface area contributed by atoms with Crippen molar-refractivity contribution in [3.05, 3.63) is 0 Å². The zero-order valence-electron chi connectivity index (χ0n) is 9.77. The van der Waals surface area contributed by atoms with Crippen molar-refractivity contribution in [3.8, 4) is 0 Å². The number of carbonyl (C=O) groups excluding carboxylic acids is 1. The largest absolute Gasteiger partial charge is 1.00 e. The molecule has 0 radical (unpaired) electrons. The minimum absolute atomic E-state index is 0. The number of carbonyl (C=O) groups is 1. The van der Waals surface area contributed by atoms with Crippen LogP contribution in [0.5, 0.6) is 0 Å². The van der Waals surface area contributed by atoms with Crippen molar-refractivity contribution in [3.63, 3.8) is 0 Å². The molecule has 0 aromatic carbocycles. The summed E-state index contributed by atoms with van der Waals surface area (Å²) < 4.78 is 105. The normalized spacial score (nSPS) is 28.2. The van der Waals surface area contributed by atoms with Crippen molar-refractivity contribution in [2.75, 3.05) is 0 Å². The molecule has 0 aromatic heterocycles. The third kappa shape index (κ3) is 2.85. The molecule has 1 atom stereocenters. The Labute approximate surface area is 148 Å². The first-order valence-corrected chi connectivity index (χ1v) is 4.40. The van der Waals surface area contributed by atoms with Gasteiger partial charge in [-0.2, -0.15) is 40.0 Å². The Bertz CT molecular complexity index is 378. The summed E-state index contributed by atoms with van der Waals surface area (Å²) >= 11 is 0. The SMILES string of the molecule is CC(C(=O)[O-])N1C(F)(F)C(F)(F)OC(F)(F)C1(F)F.[K+]. The Balaban J connectivity index is 0.00000361. The number of carboxylic acid groups (broad SMARTS) is 1. The number of alkyl halides is 8. The molecule has 1 unspecified atom stereocenters. The van der Waals surface area contributed by atoms with Crippen LogP contribution >= 0.6 is 0 Å². The molecule has 0 spiro atoms. The van der Waals surface area contributed by atoms with Crippen LogP contribution in [0.2, 0.25) is 0 Å². The quantitative estimate of drug-likeness (QED) is 0.326. The maximum absolute atomic E-state index is 13.0. The molecule has 4 nitrogen and oxygen atoms in total. The van der Waals surface area contributed by atoms with E-state index in [1.54, 1.807) is 0 Å². The molecule has 0 bridgehead atoms. The molecule has 0 N–H and O–H groups in total. The number of nitrogens with zero attached hydrogens (tertiary/aromatic N) is 1. The fourth-order valence-corrected chi connectivity index (χ4v) is 1.33. The van der Waals surface area contributed by atoms with Crippen molar-refractivity contribution in [2.24, 2.45) is 0 Å². The number of morpholine rings is 1. The summed E-state index contributed by atoms with van der Waals surface area (Å²) in [4.78, 5) is 8.11. The number of hydrogen-bond acceptors (Lipinski definition) is 4. The molecule has 1 aliphatic rings. The molecule has 0 saturated carbocycles. The van der Waals surface area contributed by atoms with Crippen LogP contribution in [0.1, 0.15) is 6.92 Å². The Hall–Kier alpha value is 0.466. The molecular formula is C7H4F8KNO3. The molecule has 20 heavy (non-hydrogen) atoms. The summed E-state index contributed by atoms with van der Waals surface area (Å²) in [5.74, 6) is -2.67. The van der Waals surface area contributed by atoms with Gasteiger partial charge < -0.3 is 9.90 Å². The van der Waals surface area contributed by atoms with Crippen molar-refractivity contribution < 1.29 is 101 Å². The third-order valence-corrected chi connectivity index (χ3v) is 2.29. The number of ether oxygens (including phenoxy) is 1. The number of halogens is 8. The Morgan fingerprint density at radius 1 is 1.00 bits per heavy atom. The van der Waals surface area contributed by atoms with Gasteiger partial charge in [0.1, 0.15) is 0 Å². The maximum Gasteiger partial charge on any atom is 1.00 e. The van der Waals surface area contributed by atoms with Crippen molar-refractivity contribution in [1.82, 2.24) is 4.90 Å². The first kappa shape index (κ1) is 20.5. The summed E-state index contributed by atoms with van der Waals surface area (Å²) in [5.41, 5.74) is 0. The van der Waals surface area contributed by atoms with E-state index in [4.69, 9.17) is 0 Å². The fraction of sp³-hybridized carbons (Fsp3) is 0.857. The van der Waals surface area contributed by atoms with Crippen LogP contribution in [-0.4, -0.2) is 41.2 Å². The molecule has 1 saturated heterocycles. The van der Waals surface area contributed by atoms with Crippen LogP contribution in [0.15, 0.2) is 0 Å². The van der Waals surface area contributed by atoms with E-state index < -0.39 is 41.2 Å². The monoisotopic (exact) mass is 341 g/mol. The second-order valence-electron chi connectivity index (χ2n) is 3.58. The Morgan fingerprint density at radius 3 is 1.55 bits per heavy atom. The number of carboxylic acids is 1. The van der Waals surface area contributed by atoms with Crippen LogP contribution in [-0.2, 0) is 9.53 Å². The van der Waals surface area contributed by atoms with Gasteiger partial charge in [0, 0.05) is 0 Å². The van der Waals surface area contributed by atoms with E-state index in [-0.39, 0.29) is 58.3 Å². The fourth-order valence-electron chi connectivity index (χ4n) is 1.33. The maximum atomic E-state index is 13.0. The van der Waals surface area contributed by atoms with Gasteiger partial charge in [-0.25, -0.2) is 4.74 Å². The summed E-state index contributed by atoms with van der Waals surface area (Å²) in [6, 6.07) is -15.1. The van der Waals surface area contributed by atoms with E-state index in [1.807, 2.05) is 0 Å². The molecule has 0 aliphatic carbocycles. The molecule has 0 amide bonds. The van der Waals surface area contributed by atoms with E-state index in [0.29, 0.717) is 0 Å². The molecule has 1 heterocycles. The van der Waals surface area contributed by atoms with Gasteiger partial charge in [0.05, 0.1) is 12.0 Å². The Morgan fingerprint density at radius 2 is 1.30 bits per heavy atom. The molecule has 112 valence electrons. The molecule has 13 heteroatoms. The van der Waals surface area contributed by atoms with Gasteiger partial charge in [0.25, 0.3) is 0 Å². The van der Waals surface area contributed by atoms with Gasteiger partial charge >= 0.3 is 75.7 Å². The van der Waals surface area contributed by atoms with Gasteiger partial charge in [-0.15, -0.1) is 0 Å². The topological polar surface area (TPSA) is 52.6 Å².